The number of hydrogen-bond donors (Lipinski definition) is 0. The summed E-state index contributed by atoms with van der Waals surface area (Å²) in [5, 5.41) is 4.83. The molecule has 2 aliphatic rings. The fourth-order valence-corrected chi connectivity index (χ4v) is 11.7. The van der Waals surface area contributed by atoms with E-state index in [2.05, 4.69) is 213 Å². The Kier molecular flexibility index (Phi) is 7.46. The molecule has 0 fully saturated rings. The van der Waals surface area contributed by atoms with Crippen LogP contribution in [0.2, 0.25) is 0 Å². The number of anilines is 3. The first-order valence-electron chi connectivity index (χ1n) is 20.4. The third-order valence-corrected chi connectivity index (χ3v) is 14.2. The van der Waals surface area contributed by atoms with Crippen LogP contribution in [0, 0.1) is 0 Å². The molecular weight excluding hydrogens is 735 g/mol. The smallest absolute Gasteiger partial charge is 0.137 e. The Bertz CT molecular complexity index is 3290. The Labute approximate surface area is 348 Å². The molecule has 0 saturated heterocycles. The lowest BCUT2D eigenvalue weighted by molar-refractivity contribution is 0.554. The van der Waals surface area contributed by atoms with Gasteiger partial charge < -0.3 is 9.32 Å². The number of nitrogens with zero attached hydrogens (tertiary/aromatic N) is 1. The topological polar surface area (TPSA) is 16.4 Å². The van der Waals surface area contributed by atoms with Crippen LogP contribution < -0.4 is 4.90 Å². The quantitative estimate of drug-likeness (QED) is 0.177. The molecule has 2 heterocycles. The van der Waals surface area contributed by atoms with E-state index in [0.29, 0.717) is 0 Å². The van der Waals surface area contributed by atoms with Gasteiger partial charge in [0, 0.05) is 43.4 Å². The van der Waals surface area contributed by atoms with Gasteiger partial charge in [0.2, 0.25) is 0 Å². The molecule has 0 amide bonds. The minimum Gasteiger partial charge on any atom is -0.456 e. The highest BCUT2D eigenvalue weighted by Crippen LogP contribution is 2.64. The summed E-state index contributed by atoms with van der Waals surface area (Å²) < 4.78 is 6.54. The largest absolute Gasteiger partial charge is 0.456 e. The first-order chi connectivity index (χ1) is 29.0. The second-order valence-corrected chi connectivity index (χ2v) is 17.5. The summed E-state index contributed by atoms with van der Waals surface area (Å²) >= 11 is 1.89. The number of benzene rings is 9. The first kappa shape index (κ1) is 34.3. The molecule has 3 heteroatoms. The van der Waals surface area contributed by atoms with E-state index in [9.17, 15) is 0 Å². The average molecular weight is 774 g/mol. The van der Waals surface area contributed by atoms with Crippen LogP contribution >= 0.6 is 11.8 Å². The van der Waals surface area contributed by atoms with Crippen LogP contribution in [0.5, 0.6) is 0 Å². The van der Waals surface area contributed by atoms with Crippen molar-refractivity contribution in [2.75, 3.05) is 4.90 Å². The van der Waals surface area contributed by atoms with Crippen LogP contribution in [0.3, 0.4) is 0 Å². The molecule has 9 aromatic carbocycles. The summed E-state index contributed by atoms with van der Waals surface area (Å²) in [5.41, 5.74) is 14.7. The van der Waals surface area contributed by atoms with Gasteiger partial charge in [-0.15, -0.1) is 0 Å². The third kappa shape index (κ3) is 4.89. The Hall–Kier alpha value is -6.81. The van der Waals surface area contributed by atoms with Crippen molar-refractivity contribution in [2.24, 2.45) is 0 Å². The standard InChI is InChI=1S/C56H39NOS/c1-55(2)44-20-9-10-21-45(44)56(47-34-29-38-17-6-7-18-41(38)53(47)55)46-22-11-13-26-52(46)59-54-48(56)23-14-24-49(54)57(39-30-27-37(28-31-39)36-15-4-3-5-16-36)40-32-33-43-42-19-8-12-25-50(42)58-51(43)35-40/h3-35H,1-2H3. The number of rotatable bonds is 4. The van der Waals surface area contributed by atoms with Gasteiger partial charge >= 0.3 is 0 Å². The molecule has 12 rings (SSSR count). The molecule has 10 aromatic rings. The minimum atomic E-state index is -0.565. The summed E-state index contributed by atoms with van der Waals surface area (Å²) in [4.78, 5) is 4.96. The van der Waals surface area contributed by atoms with Crippen molar-refractivity contribution in [3.05, 3.63) is 234 Å². The zero-order chi connectivity index (χ0) is 39.3. The van der Waals surface area contributed by atoms with Gasteiger partial charge in [0.05, 0.1) is 11.1 Å². The second kappa shape index (κ2) is 12.8. The van der Waals surface area contributed by atoms with Crippen LogP contribution in [0.15, 0.2) is 214 Å². The average Bonchev–Trinajstić information content (AvgIpc) is 3.66. The molecule has 0 bridgehead atoms. The molecule has 1 aliphatic heterocycles. The molecule has 280 valence electrons. The summed E-state index contributed by atoms with van der Waals surface area (Å²) in [6, 6.07) is 73.7. The van der Waals surface area contributed by atoms with Gasteiger partial charge in [0.15, 0.2) is 0 Å². The zero-order valence-corrected chi connectivity index (χ0v) is 33.6. The van der Waals surface area contributed by atoms with Crippen LogP contribution in [0.25, 0.3) is 43.8 Å². The molecule has 0 saturated carbocycles. The maximum absolute atomic E-state index is 6.54. The molecule has 1 aliphatic carbocycles. The SMILES string of the molecule is CC1(C)c2ccccc2C2(c3ccccc3Sc3c(N(c4ccc(-c5ccccc5)cc4)c4ccc5c(c4)oc4ccccc45)cccc32)c2ccc3ccccc3c21. The Morgan fingerprint density at radius 2 is 1.08 bits per heavy atom. The summed E-state index contributed by atoms with van der Waals surface area (Å²) in [5.74, 6) is 0. The van der Waals surface area contributed by atoms with Crippen molar-refractivity contribution in [3.63, 3.8) is 0 Å². The molecule has 1 spiro atoms. The highest BCUT2D eigenvalue weighted by Gasteiger charge is 2.53. The van der Waals surface area contributed by atoms with Crippen LogP contribution in [0.4, 0.5) is 17.1 Å². The molecule has 59 heavy (non-hydrogen) atoms. The summed E-state index contributed by atoms with van der Waals surface area (Å²) in [6.07, 6.45) is 0. The lowest BCUT2D eigenvalue weighted by Gasteiger charge is -2.51. The van der Waals surface area contributed by atoms with E-state index in [4.69, 9.17) is 4.42 Å². The minimum absolute atomic E-state index is 0.232. The lowest BCUT2D eigenvalue weighted by atomic mass is 9.53. The second-order valence-electron chi connectivity index (χ2n) is 16.4. The van der Waals surface area contributed by atoms with E-state index in [0.717, 1.165) is 39.0 Å². The van der Waals surface area contributed by atoms with Gasteiger partial charge in [-0.1, -0.05) is 177 Å². The van der Waals surface area contributed by atoms with Crippen molar-refractivity contribution in [1.82, 2.24) is 0 Å². The van der Waals surface area contributed by atoms with Crippen molar-refractivity contribution in [3.8, 4) is 11.1 Å². The van der Waals surface area contributed by atoms with Crippen LogP contribution in [0.1, 0.15) is 47.2 Å². The summed E-state index contributed by atoms with van der Waals surface area (Å²) in [6.45, 7) is 4.83. The van der Waals surface area contributed by atoms with E-state index in [1.54, 1.807) is 0 Å². The normalized spacial score (nSPS) is 16.1. The Balaban J connectivity index is 1.16. The van der Waals surface area contributed by atoms with E-state index in [-0.39, 0.29) is 5.41 Å². The van der Waals surface area contributed by atoms with Gasteiger partial charge in [-0.05, 0) is 97.7 Å². The fourth-order valence-electron chi connectivity index (χ4n) is 10.4. The van der Waals surface area contributed by atoms with Crippen LogP contribution in [-0.2, 0) is 10.8 Å². The molecule has 0 N–H and O–H groups in total. The molecule has 2 nitrogen and oxygen atoms in total. The first-order valence-corrected chi connectivity index (χ1v) is 21.2. The van der Waals surface area contributed by atoms with E-state index in [1.165, 1.54) is 65.1 Å². The molecule has 1 unspecified atom stereocenters. The summed E-state index contributed by atoms with van der Waals surface area (Å²) in [7, 11) is 0. The molecular formula is C56H39NOS. The number of para-hydroxylation sites is 1. The molecule has 0 radical (unpaired) electrons. The number of furan rings is 1. The van der Waals surface area contributed by atoms with Crippen molar-refractivity contribution >= 4 is 61.5 Å². The van der Waals surface area contributed by atoms with Gasteiger partial charge in [-0.2, -0.15) is 0 Å². The van der Waals surface area contributed by atoms with E-state index >= 15 is 0 Å². The van der Waals surface area contributed by atoms with Gasteiger partial charge in [-0.25, -0.2) is 0 Å². The highest BCUT2D eigenvalue weighted by molar-refractivity contribution is 7.99. The van der Waals surface area contributed by atoms with Gasteiger partial charge in [-0.3, -0.25) is 0 Å². The van der Waals surface area contributed by atoms with Gasteiger partial charge in [0.1, 0.15) is 11.2 Å². The Morgan fingerprint density at radius 3 is 1.93 bits per heavy atom. The monoisotopic (exact) mass is 773 g/mol. The molecule has 1 atom stereocenters. The van der Waals surface area contributed by atoms with E-state index in [1.807, 2.05) is 17.8 Å². The Morgan fingerprint density at radius 1 is 0.441 bits per heavy atom. The van der Waals surface area contributed by atoms with Crippen molar-refractivity contribution in [2.45, 2.75) is 34.5 Å². The van der Waals surface area contributed by atoms with Crippen molar-refractivity contribution in [1.29, 1.82) is 0 Å². The number of hydrogen-bond acceptors (Lipinski definition) is 3. The molecule has 1 aromatic heterocycles. The maximum atomic E-state index is 6.54. The maximum Gasteiger partial charge on any atom is 0.137 e. The zero-order valence-electron chi connectivity index (χ0n) is 32.8. The fraction of sp³-hybridized carbons (Fsp3) is 0.0714. The van der Waals surface area contributed by atoms with E-state index < -0.39 is 5.41 Å². The lowest BCUT2D eigenvalue weighted by Crippen LogP contribution is -2.43. The van der Waals surface area contributed by atoms with Gasteiger partial charge in [0.25, 0.3) is 0 Å². The predicted molar refractivity (Wildman–Crippen MR) is 246 cm³/mol. The third-order valence-electron chi connectivity index (χ3n) is 13.0. The highest BCUT2D eigenvalue weighted by atomic mass is 32.2. The predicted octanol–water partition coefficient (Wildman–Crippen LogP) is 15.4. The van der Waals surface area contributed by atoms with Crippen LogP contribution in [-0.4, -0.2) is 0 Å². The van der Waals surface area contributed by atoms with Crippen molar-refractivity contribution < 1.29 is 4.42 Å². The number of fused-ring (bicyclic) bond motifs is 13.